The molecule has 1 aromatic rings. The first-order valence-corrected chi connectivity index (χ1v) is 7.64. The largest absolute Gasteiger partial charge is 0.400 e. The standard InChI is InChI=1S/C17H24O2.CH4O/c1-3-4-6-11-17(19)13-16(12-14(2)18)15-9-7-5-8-10-15;1-2/h5,7-10,16H,3-4,6,11-13H2,1-2H3;2H,1H3/t16-;/m0./s1. The summed E-state index contributed by atoms with van der Waals surface area (Å²) in [6.07, 6.45) is 4.81. The average molecular weight is 292 g/mol. The van der Waals surface area contributed by atoms with Crippen LogP contribution >= 0.6 is 0 Å². The van der Waals surface area contributed by atoms with Crippen LogP contribution in [0.2, 0.25) is 0 Å². The summed E-state index contributed by atoms with van der Waals surface area (Å²) in [6, 6.07) is 9.89. The molecule has 0 aliphatic heterocycles. The van der Waals surface area contributed by atoms with E-state index in [0.29, 0.717) is 19.3 Å². The Kier molecular flexibility index (Phi) is 11.4. The lowest BCUT2D eigenvalue weighted by atomic mass is 9.88. The molecule has 1 aromatic carbocycles. The molecule has 3 nitrogen and oxygen atoms in total. The third kappa shape index (κ3) is 9.14. The quantitative estimate of drug-likeness (QED) is 0.702. The molecule has 1 atom stereocenters. The highest BCUT2D eigenvalue weighted by Crippen LogP contribution is 2.25. The lowest BCUT2D eigenvalue weighted by Gasteiger charge is -2.15. The van der Waals surface area contributed by atoms with Gasteiger partial charge < -0.3 is 9.90 Å². The van der Waals surface area contributed by atoms with Gasteiger partial charge in [0.2, 0.25) is 0 Å². The smallest absolute Gasteiger partial charge is 0.133 e. The van der Waals surface area contributed by atoms with Crippen LogP contribution in [0.3, 0.4) is 0 Å². The average Bonchev–Trinajstić information content (AvgIpc) is 2.49. The van der Waals surface area contributed by atoms with E-state index in [2.05, 4.69) is 6.92 Å². The Labute approximate surface area is 128 Å². The zero-order chi connectivity index (χ0) is 16.1. The van der Waals surface area contributed by atoms with Crippen LogP contribution in [0.5, 0.6) is 0 Å². The highest BCUT2D eigenvalue weighted by molar-refractivity contribution is 5.81. The number of ketones is 2. The van der Waals surface area contributed by atoms with Gasteiger partial charge in [-0.3, -0.25) is 4.79 Å². The fraction of sp³-hybridized carbons (Fsp3) is 0.556. The first kappa shape index (κ1) is 19.5. The summed E-state index contributed by atoms with van der Waals surface area (Å²) in [5.74, 6) is 0.478. The Morgan fingerprint density at radius 2 is 1.67 bits per heavy atom. The van der Waals surface area contributed by atoms with Gasteiger partial charge >= 0.3 is 0 Å². The molecule has 0 aromatic heterocycles. The van der Waals surface area contributed by atoms with Crippen molar-refractivity contribution in [3.05, 3.63) is 35.9 Å². The number of aliphatic hydroxyl groups is 1. The van der Waals surface area contributed by atoms with Crippen molar-refractivity contribution in [1.82, 2.24) is 0 Å². The van der Waals surface area contributed by atoms with Crippen LogP contribution in [-0.2, 0) is 9.59 Å². The van der Waals surface area contributed by atoms with Crippen molar-refractivity contribution in [2.75, 3.05) is 7.11 Å². The molecule has 1 rings (SSSR count). The molecule has 0 heterocycles. The van der Waals surface area contributed by atoms with E-state index in [0.717, 1.165) is 31.9 Å². The second kappa shape index (κ2) is 12.3. The van der Waals surface area contributed by atoms with Gasteiger partial charge in [-0.2, -0.15) is 0 Å². The zero-order valence-electron chi connectivity index (χ0n) is 13.5. The van der Waals surface area contributed by atoms with E-state index < -0.39 is 0 Å². The second-order valence-corrected chi connectivity index (χ2v) is 5.21. The van der Waals surface area contributed by atoms with E-state index in [9.17, 15) is 9.59 Å². The second-order valence-electron chi connectivity index (χ2n) is 5.21. The van der Waals surface area contributed by atoms with Crippen molar-refractivity contribution in [3.63, 3.8) is 0 Å². The highest BCUT2D eigenvalue weighted by atomic mass is 16.2. The van der Waals surface area contributed by atoms with Gasteiger partial charge in [0, 0.05) is 26.4 Å². The number of Topliss-reactive ketones (excluding diaryl/α,β-unsaturated/α-hetero) is 2. The lowest BCUT2D eigenvalue weighted by Crippen LogP contribution is -2.10. The number of carbonyl (C=O) groups excluding carboxylic acids is 2. The first-order chi connectivity index (χ1) is 10.1. The number of hydrogen-bond acceptors (Lipinski definition) is 3. The molecular weight excluding hydrogens is 264 g/mol. The Morgan fingerprint density at radius 1 is 1.05 bits per heavy atom. The maximum absolute atomic E-state index is 12.0. The first-order valence-electron chi connectivity index (χ1n) is 7.64. The molecule has 0 unspecified atom stereocenters. The van der Waals surface area contributed by atoms with Crippen molar-refractivity contribution >= 4 is 11.6 Å². The molecule has 3 heteroatoms. The Balaban J connectivity index is 0.00000191. The van der Waals surface area contributed by atoms with E-state index in [-0.39, 0.29) is 17.5 Å². The summed E-state index contributed by atoms with van der Waals surface area (Å²) in [5.41, 5.74) is 1.10. The minimum absolute atomic E-state index is 0.0489. The molecule has 0 aliphatic rings. The topological polar surface area (TPSA) is 54.4 Å². The minimum Gasteiger partial charge on any atom is -0.400 e. The van der Waals surface area contributed by atoms with Crippen molar-refractivity contribution in [3.8, 4) is 0 Å². The molecule has 0 saturated carbocycles. The molecule has 0 aliphatic carbocycles. The fourth-order valence-electron chi connectivity index (χ4n) is 2.33. The van der Waals surface area contributed by atoms with E-state index in [1.165, 1.54) is 0 Å². The van der Waals surface area contributed by atoms with E-state index in [1.807, 2.05) is 30.3 Å². The van der Waals surface area contributed by atoms with Crippen LogP contribution < -0.4 is 0 Å². The molecule has 0 spiro atoms. The number of hydrogen-bond donors (Lipinski definition) is 1. The summed E-state index contributed by atoms with van der Waals surface area (Å²) >= 11 is 0. The summed E-state index contributed by atoms with van der Waals surface area (Å²) in [7, 11) is 1.00. The molecule has 0 fully saturated rings. The van der Waals surface area contributed by atoms with Crippen molar-refractivity contribution < 1.29 is 14.7 Å². The number of carbonyl (C=O) groups is 2. The molecule has 0 saturated heterocycles. The number of unbranched alkanes of at least 4 members (excludes halogenated alkanes) is 2. The zero-order valence-corrected chi connectivity index (χ0v) is 13.5. The van der Waals surface area contributed by atoms with Gasteiger partial charge in [-0.25, -0.2) is 0 Å². The predicted molar refractivity (Wildman–Crippen MR) is 86.4 cm³/mol. The predicted octanol–water partition coefficient (Wildman–Crippen LogP) is 3.90. The van der Waals surface area contributed by atoms with Crippen LogP contribution in [0.1, 0.15) is 63.9 Å². The number of aliphatic hydroxyl groups excluding tert-OH is 1. The van der Waals surface area contributed by atoms with Gasteiger partial charge in [-0.15, -0.1) is 0 Å². The van der Waals surface area contributed by atoms with Crippen molar-refractivity contribution in [1.29, 1.82) is 0 Å². The molecule has 118 valence electrons. The third-order valence-electron chi connectivity index (χ3n) is 3.34. The Morgan fingerprint density at radius 3 is 2.19 bits per heavy atom. The van der Waals surface area contributed by atoms with E-state index in [4.69, 9.17) is 5.11 Å². The van der Waals surface area contributed by atoms with Gasteiger partial charge in [0.25, 0.3) is 0 Å². The van der Waals surface area contributed by atoms with Gasteiger partial charge in [-0.1, -0.05) is 50.1 Å². The van der Waals surface area contributed by atoms with Crippen molar-refractivity contribution in [2.45, 2.75) is 58.3 Å². The van der Waals surface area contributed by atoms with E-state index >= 15 is 0 Å². The van der Waals surface area contributed by atoms with Crippen molar-refractivity contribution in [2.24, 2.45) is 0 Å². The molecular formula is C18H28O3. The van der Waals surface area contributed by atoms with Crippen LogP contribution in [-0.4, -0.2) is 23.8 Å². The maximum Gasteiger partial charge on any atom is 0.133 e. The Bertz CT molecular complexity index is 398. The monoisotopic (exact) mass is 292 g/mol. The van der Waals surface area contributed by atoms with Crippen LogP contribution in [0.25, 0.3) is 0 Å². The van der Waals surface area contributed by atoms with Gasteiger partial charge in [0.05, 0.1) is 0 Å². The highest BCUT2D eigenvalue weighted by Gasteiger charge is 2.17. The maximum atomic E-state index is 12.0. The number of rotatable bonds is 9. The van der Waals surface area contributed by atoms with Gasteiger partial charge in [0.15, 0.2) is 0 Å². The van der Waals surface area contributed by atoms with Crippen LogP contribution in [0, 0.1) is 0 Å². The minimum atomic E-state index is 0.0489. The summed E-state index contributed by atoms with van der Waals surface area (Å²) in [4.78, 5) is 23.3. The normalized spacial score (nSPS) is 11.2. The molecule has 1 N–H and O–H groups in total. The molecule has 21 heavy (non-hydrogen) atoms. The number of benzene rings is 1. The molecule has 0 amide bonds. The summed E-state index contributed by atoms with van der Waals surface area (Å²) in [6.45, 7) is 3.73. The fourth-order valence-corrected chi connectivity index (χ4v) is 2.33. The summed E-state index contributed by atoms with van der Waals surface area (Å²) < 4.78 is 0. The molecule has 0 bridgehead atoms. The summed E-state index contributed by atoms with van der Waals surface area (Å²) in [5, 5.41) is 7.00. The van der Waals surface area contributed by atoms with Crippen LogP contribution in [0.15, 0.2) is 30.3 Å². The van der Waals surface area contributed by atoms with Gasteiger partial charge in [0.1, 0.15) is 11.6 Å². The third-order valence-corrected chi connectivity index (χ3v) is 3.34. The van der Waals surface area contributed by atoms with Gasteiger partial charge in [-0.05, 0) is 24.8 Å². The molecule has 0 radical (unpaired) electrons. The van der Waals surface area contributed by atoms with Crippen LogP contribution in [0.4, 0.5) is 0 Å². The van der Waals surface area contributed by atoms with E-state index in [1.54, 1.807) is 6.92 Å². The SMILES string of the molecule is CCCCCC(=O)C[C@H](CC(C)=O)c1ccccc1.CO. The lowest BCUT2D eigenvalue weighted by molar-refractivity contribution is -0.120. The Hall–Kier alpha value is -1.48.